The Kier molecular flexibility index (Phi) is 4.59. The van der Waals surface area contributed by atoms with Crippen molar-refractivity contribution in [3.8, 4) is 0 Å². The van der Waals surface area contributed by atoms with Crippen LogP contribution in [0.25, 0.3) is 6.08 Å². The monoisotopic (exact) mass is 288 g/mol. The predicted molar refractivity (Wildman–Crippen MR) is 87.4 cm³/mol. The zero-order chi connectivity index (χ0) is 15.7. The Labute approximate surface area is 127 Å². The quantitative estimate of drug-likeness (QED) is 0.833. The molecular weight excluding hydrogens is 263 g/mol. The van der Waals surface area contributed by atoms with Crippen LogP contribution >= 0.6 is 0 Å². The summed E-state index contributed by atoms with van der Waals surface area (Å²) in [4.78, 5) is 0. The molecule has 0 aliphatic carbocycles. The molecule has 0 bridgehead atoms. The lowest BCUT2D eigenvalue weighted by molar-refractivity contribution is 0.00578. The van der Waals surface area contributed by atoms with Gasteiger partial charge in [0.05, 0.1) is 11.2 Å². The molecule has 1 aromatic rings. The van der Waals surface area contributed by atoms with Crippen LogP contribution in [0.5, 0.6) is 0 Å². The summed E-state index contributed by atoms with van der Waals surface area (Å²) in [5.74, 6) is 0. The zero-order valence-corrected chi connectivity index (χ0v) is 13.3. The molecule has 1 aliphatic heterocycles. The Balaban J connectivity index is 2.26. The highest BCUT2D eigenvalue weighted by Crippen LogP contribution is 2.38. The minimum atomic E-state index is -0.401. The molecule has 5 heteroatoms. The fourth-order valence-electron chi connectivity index (χ4n) is 2.24. The highest BCUT2D eigenvalue weighted by atomic mass is 16.7. The van der Waals surface area contributed by atoms with Crippen molar-refractivity contribution in [3.63, 3.8) is 0 Å². The molecule has 114 valence electrons. The van der Waals surface area contributed by atoms with E-state index >= 15 is 0 Å². The smallest absolute Gasteiger partial charge is 0.400 e. The normalized spacial score (nSPS) is 20.9. The standard InChI is InChI=1S/C16H25BN2O2/c1-15(2)16(3,4)21-17(20-15)14(11-19)9-12-6-5-7-13(8-12)10-18/h5-9H,10-11,18-19H2,1-4H3. The second kappa shape index (κ2) is 5.93. The second-order valence-corrected chi connectivity index (χ2v) is 6.46. The molecular formula is C16H25BN2O2. The topological polar surface area (TPSA) is 70.5 Å². The highest BCUT2D eigenvalue weighted by Gasteiger charge is 2.52. The first-order valence-corrected chi connectivity index (χ1v) is 7.34. The number of benzene rings is 1. The Hall–Kier alpha value is -1.14. The molecule has 1 saturated heterocycles. The van der Waals surface area contributed by atoms with E-state index in [0.29, 0.717) is 13.1 Å². The van der Waals surface area contributed by atoms with Crippen molar-refractivity contribution < 1.29 is 9.31 Å². The molecule has 1 fully saturated rings. The van der Waals surface area contributed by atoms with E-state index in [1.165, 1.54) is 0 Å². The molecule has 1 aliphatic rings. The fraction of sp³-hybridized carbons (Fsp3) is 0.500. The molecule has 4 nitrogen and oxygen atoms in total. The van der Waals surface area contributed by atoms with Gasteiger partial charge in [-0.1, -0.05) is 30.3 Å². The van der Waals surface area contributed by atoms with Gasteiger partial charge in [0.2, 0.25) is 0 Å². The third kappa shape index (κ3) is 3.38. The van der Waals surface area contributed by atoms with E-state index in [9.17, 15) is 0 Å². The van der Waals surface area contributed by atoms with E-state index in [1.807, 2.05) is 52.0 Å². The van der Waals surface area contributed by atoms with Gasteiger partial charge in [-0.15, -0.1) is 0 Å². The third-order valence-corrected chi connectivity index (χ3v) is 4.33. The SMILES string of the molecule is CC1(C)OB(C(=Cc2cccc(CN)c2)CN)OC1(C)C. The Morgan fingerprint density at radius 2 is 1.76 bits per heavy atom. The first-order valence-electron chi connectivity index (χ1n) is 7.34. The highest BCUT2D eigenvalue weighted by molar-refractivity contribution is 6.55. The van der Waals surface area contributed by atoms with E-state index in [2.05, 4.69) is 6.07 Å². The lowest BCUT2D eigenvalue weighted by Gasteiger charge is -2.32. The van der Waals surface area contributed by atoms with Crippen molar-refractivity contribution in [1.82, 2.24) is 0 Å². The van der Waals surface area contributed by atoms with Crippen molar-refractivity contribution in [2.24, 2.45) is 11.5 Å². The summed E-state index contributed by atoms with van der Waals surface area (Å²) < 4.78 is 12.1. The van der Waals surface area contributed by atoms with Crippen LogP contribution in [0.2, 0.25) is 0 Å². The molecule has 0 amide bonds. The molecule has 0 spiro atoms. The van der Waals surface area contributed by atoms with E-state index in [-0.39, 0.29) is 11.2 Å². The molecule has 0 atom stereocenters. The maximum absolute atomic E-state index is 6.05. The second-order valence-electron chi connectivity index (χ2n) is 6.46. The summed E-state index contributed by atoms with van der Waals surface area (Å²) in [5.41, 5.74) is 14.0. The van der Waals surface area contributed by atoms with E-state index in [4.69, 9.17) is 20.8 Å². The Morgan fingerprint density at radius 1 is 1.14 bits per heavy atom. The van der Waals surface area contributed by atoms with Crippen molar-refractivity contribution in [3.05, 3.63) is 40.9 Å². The fourth-order valence-corrected chi connectivity index (χ4v) is 2.24. The minimum absolute atomic E-state index is 0.356. The molecule has 0 unspecified atom stereocenters. The average molecular weight is 288 g/mol. The van der Waals surface area contributed by atoms with E-state index < -0.39 is 7.12 Å². The van der Waals surface area contributed by atoms with Gasteiger partial charge in [-0.2, -0.15) is 0 Å². The lowest BCUT2D eigenvalue weighted by Crippen LogP contribution is -2.41. The average Bonchev–Trinajstić information content (AvgIpc) is 2.65. The van der Waals surface area contributed by atoms with Crippen LogP contribution in [0.1, 0.15) is 38.8 Å². The van der Waals surface area contributed by atoms with Crippen LogP contribution in [0.4, 0.5) is 0 Å². The first-order chi connectivity index (χ1) is 9.79. The summed E-state index contributed by atoms with van der Waals surface area (Å²) in [5, 5.41) is 0. The zero-order valence-electron chi connectivity index (χ0n) is 13.3. The number of nitrogens with two attached hydrogens (primary N) is 2. The maximum Gasteiger partial charge on any atom is 0.491 e. The molecule has 1 heterocycles. The van der Waals surface area contributed by atoms with Crippen molar-refractivity contribution in [2.45, 2.75) is 45.4 Å². The predicted octanol–water partition coefficient (Wildman–Crippen LogP) is 2.12. The summed E-state index contributed by atoms with van der Waals surface area (Å²) in [7, 11) is -0.401. The largest absolute Gasteiger partial charge is 0.491 e. The van der Waals surface area contributed by atoms with Gasteiger partial charge in [0, 0.05) is 13.1 Å². The maximum atomic E-state index is 6.05. The van der Waals surface area contributed by atoms with Crippen molar-refractivity contribution in [2.75, 3.05) is 6.54 Å². The summed E-state index contributed by atoms with van der Waals surface area (Å²) in [6, 6.07) is 8.08. The molecule has 4 N–H and O–H groups in total. The summed E-state index contributed by atoms with van der Waals surface area (Å²) in [6.07, 6.45) is 2.03. The van der Waals surface area contributed by atoms with Gasteiger partial charge in [0.25, 0.3) is 0 Å². The third-order valence-electron chi connectivity index (χ3n) is 4.33. The van der Waals surface area contributed by atoms with Crippen LogP contribution in [0.3, 0.4) is 0 Å². The van der Waals surface area contributed by atoms with Gasteiger partial charge in [-0.05, 0) is 44.3 Å². The van der Waals surface area contributed by atoms with Crippen LogP contribution in [0.15, 0.2) is 29.7 Å². The number of rotatable bonds is 4. The van der Waals surface area contributed by atoms with Gasteiger partial charge in [0.1, 0.15) is 0 Å². The Morgan fingerprint density at radius 3 is 2.29 bits per heavy atom. The molecule has 21 heavy (non-hydrogen) atoms. The van der Waals surface area contributed by atoms with Gasteiger partial charge < -0.3 is 20.8 Å². The van der Waals surface area contributed by atoms with Crippen molar-refractivity contribution in [1.29, 1.82) is 0 Å². The van der Waals surface area contributed by atoms with Gasteiger partial charge in [-0.3, -0.25) is 0 Å². The number of hydrogen-bond acceptors (Lipinski definition) is 4. The molecule has 1 aromatic carbocycles. The van der Waals surface area contributed by atoms with Gasteiger partial charge in [0.15, 0.2) is 0 Å². The summed E-state index contributed by atoms with van der Waals surface area (Å²) in [6.45, 7) is 9.07. The van der Waals surface area contributed by atoms with Crippen LogP contribution in [-0.2, 0) is 15.9 Å². The van der Waals surface area contributed by atoms with E-state index in [1.54, 1.807) is 0 Å². The van der Waals surface area contributed by atoms with Gasteiger partial charge in [-0.25, -0.2) is 0 Å². The molecule has 0 radical (unpaired) electrons. The molecule has 2 rings (SSSR count). The first kappa shape index (κ1) is 16.2. The lowest BCUT2D eigenvalue weighted by atomic mass is 9.77. The van der Waals surface area contributed by atoms with Gasteiger partial charge >= 0.3 is 7.12 Å². The number of hydrogen-bond donors (Lipinski definition) is 2. The molecule has 0 aromatic heterocycles. The molecule has 0 saturated carbocycles. The van der Waals surface area contributed by atoms with Crippen molar-refractivity contribution >= 4 is 13.2 Å². The van der Waals surface area contributed by atoms with Crippen LogP contribution in [0, 0.1) is 0 Å². The Bertz CT molecular complexity index is 525. The van der Waals surface area contributed by atoms with E-state index in [0.717, 1.165) is 16.6 Å². The summed E-state index contributed by atoms with van der Waals surface area (Å²) >= 11 is 0. The van der Waals surface area contributed by atoms with Crippen LogP contribution < -0.4 is 11.5 Å². The minimum Gasteiger partial charge on any atom is -0.400 e. The van der Waals surface area contributed by atoms with Crippen LogP contribution in [-0.4, -0.2) is 24.9 Å².